The van der Waals surface area contributed by atoms with Gasteiger partial charge in [-0.05, 0) is 41.5 Å². The van der Waals surface area contributed by atoms with Crippen LogP contribution in [0.5, 0.6) is 0 Å². The highest BCUT2D eigenvalue weighted by Crippen LogP contribution is 2.29. The summed E-state index contributed by atoms with van der Waals surface area (Å²) < 4.78 is 0. The van der Waals surface area contributed by atoms with E-state index in [2.05, 4.69) is 29.6 Å². The number of aliphatic hydroxyl groups is 1. The highest BCUT2D eigenvalue weighted by Gasteiger charge is 2.39. The number of thioether (sulfide) groups is 1. The molecule has 0 spiro atoms. The third-order valence-corrected chi connectivity index (χ3v) is 5.22. The molecule has 3 rings (SSSR count). The van der Waals surface area contributed by atoms with Crippen molar-refractivity contribution >= 4 is 28.4 Å². The standard InChI is InChI=1S/C17H19NO2S/c1-12(18-16(19)17(20)8-9-21-11-17)14-7-6-13-4-2-3-5-15(13)10-14/h2-7,10,12,20H,8-9,11H2,1H3,(H,18,19). The molecule has 0 aliphatic carbocycles. The summed E-state index contributed by atoms with van der Waals surface area (Å²) in [5.74, 6) is 1.07. The Balaban J connectivity index is 1.77. The number of hydrogen-bond acceptors (Lipinski definition) is 3. The molecule has 2 aromatic carbocycles. The quantitative estimate of drug-likeness (QED) is 0.916. The number of amides is 1. The van der Waals surface area contributed by atoms with Crippen LogP contribution in [0, 0.1) is 0 Å². The summed E-state index contributed by atoms with van der Waals surface area (Å²) in [5, 5.41) is 15.6. The number of hydrogen-bond donors (Lipinski definition) is 2. The van der Waals surface area contributed by atoms with Gasteiger partial charge >= 0.3 is 0 Å². The van der Waals surface area contributed by atoms with Gasteiger partial charge in [-0.3, -0.25) is 4.79 Å². The molecule has 1 heterocycles. The van der Waals surface area contributed by atoms with Gasteiger partial charge in [-0.25, -0.2) is 0 Å². The van der Waals surface area contributed by atoms with Gasteiger partial charge in [0.2, 0.25) is 0 Å². The zero-order chi connectivity index (χ0) is 14.9. The van der Waals surface area contributed by atoms with Crippen LogP contribution >= 0.6 is 11.8 Å². The number of carbonyl (C=O) groups is 1. The van der Waals surface area contributed by atoms with E-state index in [1.807, 2.05) is 25.1 Å². The van der Waals surface area contributed by atoms with Gasteiger partial charge in [-0.2, -0.15) is 11.8 Å². The normalized spacial score (nSPS) is 23.1. The Morgan fingerprint density at radius 2 is 2.05 bits per heavy atom. The van der Waals surface area contributed by atoms with E-state index in [-0.39, 0.29) is 11.9 Å². The minimum absolute atomic E-state index is 0.114. The van der Waals surface area contributed by atoms with Gasteiger partial charge in [-0.15, -0.1) is 0 Å². The van der Waals surface area contributed by atoms with Crippen LogP contribution in [0.4, 0.5) is 0 Å². The minimum atomic E-state index is -1.20. The first-order chi connectivity index (χ1) is 10.1. The molecule has 1 saturated heterocycles. The number of benzene rings is 2. The van der Waals surface area contributed by atoms with E-state index in [4.69, 9.17) is 0 Å². The lowest BCUT2D eigenvalue weighted by atomic mass is 9.99. The fourth-order valence-electron chi connectivity index (χ4n) is 2.62. The van der Waals surface area contributed by atoms with E-state index >= 15 is 0 Å². The average Bonchev–Trinajstić information content (AvgIpc) is 2.95. The molecule has 0 aromatic heterocycles. The molecule has 4 heteroatoms. The lowest BCUT2D eigenvalue weighted by Gasteiger charge is -2.23. The summed E-state index contributed by atoms with van der Waals surface area (Å²) >= 11 is 1.62. The Morgan fingerprint density at radius 3 is 2.76 bits per heavy atom. The molecule has 2 N–H and O–H groups in total. The smallest absolute Gasteiger partial charge is 0.253 e. The predicted molar refractivity (Wildman–Crippen MR) is 87.4 cm³/mol. The molecule has 110 valence electrons. The van der Waals surface area contributed by atoms with E-state index < -0.39 is 5.60 Å². The Morgan fingerprint density at radius 1 is 1.29 bits per heavy atom. The van der Waals surface area contributed by atoms with Crippen LogP contribution in [0.2, 0.25) is 0 Å². The van der Waals surface area contributed by atoms with Gasteiger partial charge < -0.3 is 10.4 Å². The topological polar surface area (TPSA) is 49.3 Å². The van der Waals surface area contributed by atoms with Crippen LogP contribution < -0.4 is 5.32 Å². The molecule has 0 radical (unpaired) electrons. The molecule has 2 unspecified atom stereocenters. The van der Waals surface area contributed by atoms with Crippen molar-refractivity contribution in [2.75, 3.05) is 11.5 Å². The van der Waals surface area contributed by atoms with Crippen molar-refractivity contribution in [3.8, 4) is 0 Å². The first-order valence-electron chi connectivity index (χ1n) is 7.18. The fraction of sp³-hybridized carbons (Fsp3) is 0.353. The van der Waals surface area contributed by atoms with Crippen LogP contribution in [0.3, 0.4) is 0 Å². The zero-order valence-electron chi connectivity index (χ0n) is 12.0. The van der Waals surface area contributed by atoms with Gasteiger partial charge in [0.25, 0.3) is 5.91 Å². The van der Waals surface area contributed by atoms with Gasteiger partial charge in [0, 0.05) is 5.75 Å². The first-order valence-corrected chi connectivity index (χ1v) is 8.34. The molecule has 1 aliphatic heterocycles. The molecule has 1 fully saturated rings. The molecule has 1 aliphatic rings. The van der Waals surface area contributed by atoms with E-state index in [0.717, 1.165) is 16.7 Å². The summed E-state index contributed by atoms with van der Waals surface area (Å²) in [5.41, 5.74) is -0.147. The Bertz CT molecular complexity index is 665. The maximum atomic E-state index is 12.2. The second kappa shape index (κ2) is 5.70. The van der Waals surface area contributed by atoms with Crippen LogP contribution in [0.1, 0.15) is 24.9 Å². The summed E-state index contributed by atoms with van der Waals surface area (Å²) in [6, 6.07) is 14.2. The Labute approximate surface area is 128 Å². The van der Waals surface area contributed by atoms with Gasteiger partial charge in [-0.1, -0.05) is 36.4 Å². The number of fused-ring (bicyclic) bond motifs is 1. The number of carbonyl (C=O) groups excluding carboxylic acids is 1. The molecule has 21 heavy (non-hydrogen) atoms. The summed E-state index contributed by atoms with van der Waals surface area (Å²) in [7, 11) is 0. The summed E-state index contributed by atoms with van der Waals surface area (Å²) in [6.07, 6.45) is 0.536. The SMILES string of the molecule is CC(NC(=O)C1(O)CCSC1)c1ccc2ccccc2c1. The second-order valence-corrected chi connectivity index (χ2v) is 6.74. The van der Waals surface area contributed by atoms with Crippen molar-refractivity contribution in [1.82, 2.24) is 5.32 Å². The van der Waals surface area contributed by atoms with Gasteiger partial charge in [0.05, 0.1) is 6.04 Å². The first kappa shape index (κ1) is 14.4. The van der Waals surface area contributed by atoms with E-state index in [9.17, 15) is 9.90 Å². The second-order valence-electron chi connectivity index (χ2n) is 5.64. The van der Waals surface area contributed by atoms with Crippen molar-refractivity contribution in [1.29, 1.82) is 0 Å². The third-order valence-electron chi connectivity index (χ3n) is 4.04. The lowest BCUT2D eigenvalue weighted by Crippen LogP contribution is -2.47. The molecular weight excluding hydrogens is 282 g/mol. The third kappa shape index (κ3) is 2.92. The van der Waals surface area contributed by atoms with Crippen LogP contribution in [0.15, 0.2) is 42.5 Å². The van der Waals surface area contributed by atoms with Crippen molar-refractivity contribution in [2.24, 2.45) is 0 Å². The predicted octanol–water partition coefficient (Wildman–Crippen LogP) is 2.89. The van der Waals surface area contributed by atoms with E-state index in [0.29, 0.717) is 12.2 Å². The summed E-state index contributed by atoms with van der Waals surface area (Å²) in [6.45, 7) is 1.95. The molecule has 2 aromatic rings. The van der Waals surface area contributed by atoms with Crippen molar-refractivity contribution in [2.45, 2.75) is 25.0 Å². The molecule has 2 atom stereocenters. The van der Waals surface area contributed by atoms with Crippen molar-refractivity contribution in [3.05, 3.63) is 48.0 Å². The average molecular weight is 301 g/mol. The zero-order valence-corrected chi connectivity index (χ0v) is 12.8. The monoisotopic (exact) mass is 301 g/mol. The summed E-state index contributed by atoms with van der Waals surface area (Å²) in [4.78, 5) is 12.2. The highest BCUT2D eigenvalue weighted by atomic mass is 32.2. The van der Waals surface area contributed by atoms with E-state index in [1.165, 1.54) is 5.39 Å². The van der Waals surface area contributed by atoms with Crippen LogP contribution in [-0.4, -0.2) is 28.1 Å². The van der Waals surface area contributed by atoms with Crippen molar-refractivity contribution in [3.63, 3.8) is 0 Å². The van der Waals surface area contributed by atoms with Crippen LogP contribution in [-0.2, 0) is 4.79 Å². The van der Waals surface area contributed by atoms with Crippen LogP contribution in [0.25, 0.3) is 10.8 Å². The fourth-order valence-corrected chi connectivity index (χ4v) is 3.86. The lowest BCUT2D eigenvalue weighted by molar-refractivity contribution is -0.137. The minimum Gasteiger partial charge on any atom is -0.379 e. The Hall–Kier alpha value is -1.52. The molecule has 3 nitrogen and oxygen atoms in total. The maximum absolute atomic E-state index is 12.2. The number of rotatable bonds is 3. The van der Waals surface area contributed by atoms with Gasteiger partial charge in [0.1, 0.15) is 0 Å². The van der Waals surface area contributed by atoms with Crippen molar-refractivity contribution < 1.29 is 9.90 Å². The number of nitrogens with one attached hydrogen (secondary N) is 1. The van der Waals surface area contributed by atoms with Gasteiger partial charge in [0.15, 0.2) is 5.60 Å². The molecule has 1 amide bonds. The molecule has 0 saturated carbocycles. The molecule has 0 bridgehead atoms. The maximum Gasteiger partial charge on any atom is 0.253 e. The van der Waals surface area contributed by atoms with E-state index in [1.54, 1.807) is 11.8 Å². The highest BCUT2D eigenvalue weighted by molar-refractivity contribution is 7.99. The Kier molecular flexibility index (Phi) is 3.91. The largest absolute Gasteiger partial charge is 0.379 e. The molecular formula is C17H19NO2S.